The zero-order valence-corrected chi connectivity index (χ0v) is 14.8. The number of H-pyrrole nitrogens is 1. The Hall–Kier alpha value is -3.29. The van der Waals surface area contributed by atoms with Gasteiger partial charge in [0.2, 0.25) is 0 Å². The Balaban J connectivity index is 1.83. The number of rotatable bonds is 8. The lowest BCUT2D eigenvalue weighted by atomic mass is 10.2. The molecule has 0 aliphatic carbocycles. The zero-order chi connectivity index (χ0) is 19.1. The minimum Gasteiger partial charge on any atom is -0.493 e. The summed E-state index contributed by atoms with van der Waals surface area (Å²) >= 11 is 0. The fourth-order valence-corrected chi connectivity index (χ4v) is 2.17. The van der Waals surface area contributed by atoms with Crippen molar-refractivity contribution in [3.8, 4) is 11.5 Å². The lowest BCUT2D eigenvalue weighted by molar-refractivity contribution is -0.124. The predicted molar refractivity (Wildman–Crippen MR) is 92.5 cm³/mol. The molecule has 0 saturated carbocycles. The van der Waals surface area contributed by atoms with Gasteiger partial charge in [0.25, 0.3) is 5.91 Å². The van der Waals surface area contributed by atoms with E-state index < -0.39 is 18.5 Å². The van der Waals surface area contributed by atoms with E-state index >= 15 is 0 Å². The van der Waals surface area contributed by atoms with Gasteiger partial charge in [-0.15, -0.1) is 0 Å². The van der Waals surface area contributed by atoms with Crippen LogP contribution in [0.4, 0.5) is 0 Å². The van der Waals surface area contributed by atoms with Gasteiger partial charge in [0, 0.05) is 18.3 Å². The number of carbonyl (C=O) groups excluding carboxylic acids is 3. The Bertz CT molecular complexity index is 812. The van der Waals surface area contributed by atoms with Crippen molar-refractivity contribution in [2.24, 2.45) is 0 Å². The van der Waals surface area contributed by atoms with Gasteiger partial charge in [0.15, 0.2) is 23.9 Å². The average molecular weight is 360 g/mol. The molecule has 0 fully saturated rings. The number of hydrogen-bond acceptors (Lipinski definition) is 6. The highest BCUT2D eigenvalue weighted by Crippen LogP contribution is 2.27. The molecule has 26 heavy (non-hydrogen) atoms. The molecule has 0 radical (unpaired) electrons. The molecule has 2 N–H and O–H groups in total. The summed E-state index contributed by atoms with van der Waals surface area (Å²) in [7, 11) is 3.06. The smallest absolute Gasteiger partial charge is 0.355 e. The Morgan fingerprint density at radius 3 is 2.42 bits per heavy atom. The van der Waals surface area contributed by atoms with Crippen LogP contribution in [-0.4, -0.2) is 43.5 Å². The highest BCUT2D eigenvalue weighted by atomic mass is 16.5. The molecule has 1 heterocycles. The minimum atomic E-state index is -0.709. The van der Waals surface area contributed by atoms with Gasteiger partial charge in [0.05, 0.1) is 14.2 Å². The second-order valence-electron chi connectivity index (χ2n) is 5.40. The third-order valence-corrected chi connectivity index (χ3v) is 3.58. The summed E-state index contributed by atoms with van der Waals surface area (Å²) in [5, 5.41) is 2.64. The maximum absolute atomic E-state index is 11.8. The Labute approximate surface area is 150 Å². The highest BCUT2D eigenvalue weighted by Gasteiger charge is 2.14. The first-order valence-electron chi connectivity index (χ1n) is 7.78. The molecular formula is C18H20N2O6. The van der Waals surface area contributed by atoms with E-state index in [0.29, 0.717) is 17.1 Å². The topological polar surface area (TPSA) is 107 Å². The molecule has 1 aromatic carbocycles. The molecule has 0 atom stereocenters. The van der Waals surface area contributed by atoms with Crippen molar-refractivity contribution in [3.05, 3.63) is 47.3 Å². The maximum atomic E-state index is 11.8. The van der Waals surface area contributed by atoms with Crippen LogP contribution in [0.15, 0.2) is 30.5 Å². The van der Waals surface area contributed by atoms with Crippen molar-refractivity contribution in [2.75, 3.05) is 20.8 Å². The molecular weight excluding hydrogens is 340 g/mol. The normalized spacial score (nSPS) is 10.1. The van der Waals surface area contributed by atoms with Crippen molar-refractivity contribution >= 4 is 17.7 Å². The van der Waals surface area contributed by atoms with Crippen molar-refractivity contribution in [3.63, 3.8) is 0 Å². The number of methoxy groups -OCH3 is 2. The average Bonchev–Trinajstić information content (AvgIpc) is 3.14. The number of hydrogen-bond donors (Lipinski definition) is 2. The summed E-state index contributed by atoms with van der Waals surface area (Å²) in [5.41, 5.74) is 1.29. The lowest BCUT2D eigenvalue weighted by Crippen LogP contribution is -2.28. The number of ketones is 1. The molecule has 2 rings (SSSR count). The van der Waals surface area contributed by atoms with E-state index in [4.69, 9.17) is 14.2 Å². The second-order valence-corrected chi connectivity index (χ2v) is 5.40. The third-order valence-electron chi connectivity index (χ3n) is 3.58. The molecule has 0 aliphatic rings. The van der Waals surface area contributed by atoms with E-state index in [1.807, 2.05) is 0 Å². The summed E-state index contributed by atoms with van der Waals surface area (Å²) < 4.78 is 15.3. The van der Waals surface area contributed by atoms with Gasteiger partial charge in [-0.3, -0.25) is 9.59 Å². The number of carbonyl (C=O) groups is 3. The van der Waals surface area contributed by atoms with Crippen LogP contribution in [0.5, 0.6) is 11.5 Å². The molecule has 0 aliphatic heterocycles. The summed E-state index contributed by atoms with van der Waals surface area (Å²) in [6.45, 7) is 1.20. The Kier molecular flexibility index (Phi) is 6.37. The minimum absolute atomic E-state index is 0.114. The first-order valence-corrected chi connectivity index (χ1v) is 7.78. The molecule has 1 aromatic heterocycles. The van der Waals surface area contributed by atoms with Gasteiger partial charge < -0.3 is 24.5 Å². The zero-order valence-electron chi connectivity index (χ0n) is 14.8. The quantitative estimate of drug-likeness (QED) is 0.548. The van der Waals surface area contributed by atoms with Gasteiger partial charge in [-0.25, -0.2) is 4.79 Å². The van der Waals surface area contributed by atoms with E-state index in [1.165, 1.54) is 33.4 Å². The molecule has 2 aromatic rings. The number of benzene rings is 1. The first kappa shape index (κ1) is 19.0. The molecule has 1 amide bonds. The second kappa shape index (κ2) is 8.70. The third kappa shape index (κ3) is 4.85. The van der Waals surface area contributed by atoms with E-state index in [2.05, 4.69) is 10.3 Å². The van der Waals surface area contributed by atoms with Crippen LogP contribution in [0.3, 0.4) is 0 Å². The molecule has 0 saturated heterocycles. The number of nitrogens with one attached hydrogen (secondary N) is 2. The fourth-order valence-electron chi connectivity index (χ4n) is 2.17. The van der Waals surface area contributed by atoms with Gasteiger partial charge in [-0.2, -0.15) is 0 Å². The van der Waals surface area contributed by atoms with Crippen LogP contribution in [0, 0.1) is 0 Å². The van der Waals surface area contributed by atoms with Crippen LogP contribution in [0.1, 0.15) is 33.3 Å². The monoisotopic (exact) mass is 360 g/mol. The van der Waals surface area contributed by atoms with Gasteiger partial charge >= 0.3 is 5.97 Å². The Morgan fingerprint density at radius 1 is 1.08 bits per heavy atom. The van der Waals surface area contributed by atoms with E-state index in [1.54, 1.807) is 18.2 Å². The number of ether oxygens (including phenoxy) is 3. The van der Waals surface area contributed by atoms with Gasteiger partial charge in [-0.05, 0) is 30.7 Å². The predicted octanol–water partition coefficient (Wildman–Crippen LogP) is 1.71. The van der Waals surface area contributed by atoms with Crippen LogP contribution in [-0.2, 0) is 16.1 Å². The van der Waals surface area contributed by atoms with Crippen molar-refractivity contribution in [2.45, 2.75) is 13.5 Å². The SMILES string of the molecule is COc1ccc(CNC(=O)COC(=O)c2cc(C(C)=O)c[nH]2)cc1OC. The molecule has 138 valence electrons. The van der Waals surface area contributed by atoms with Crippen LogP contribution in [0.25, 0.3) is 0 Å². The van der Waals surface area contributed by atoms with E-state index in [-0.39, 0.29) is 18.0 Å². The van der Waals surface area contributed by atoms with Crippen molar-refractivity contribution < 1.29 is 28.6 Å². The fraction of sp³-hybridized carbons (Fsp3) is 0.278. The molecule has 0 unspecified atom stereocenters. The van der Waals surface area contributed by atoms with E-state index in [0.717, 1.165) is 5.56 Å². The lowest BCUT2D eigenvalue weighted by Gasteiger charge is -2.10. The van der Waals surface area contributed by atoms with Gasteiger partial charge in [-0.1, -0.05) is 6.07 Å². The molecule has 8 nitrogen and oxygen atoms in total. The molecule has 0 spiro atoms. The first-order chi connectivity index (χ1) is 12.4. The van der Waals surface area contributed by atoms with E-state index in [9.17, 15) is 14.4 Å². The summed E-state index contributed by atoms with van der Waals surface area (Å²) in [4.78, 5) is 37.5. The molecule has 0 bridgehead atoms. The van der Waals surface area contributed by atoms with Crippen LogP contribution >= 0.6 is 0 Å². The van der Waals surface area contributed by atoms with Crippen LogP contribution < -0.4 is 14.8 Å². The van der Waals surface area contributed by atoms with Crippen molar-refractivity contribution in [1.82, 2.24) is 10.3 Å². The number of amides is 1. The number of aromatic amines is 1. The number of aromatic nitrogens is 1. The summed E-state index contributed by atoms with van der Waals surface area (Å²) in [6.07, 6.45) is 1.41. The largest absolute Gasteiger partial charge is 0.493 e. The van der Waals surface area contributed by atoms with Crippen LogP contribution in [0.2, 0.25) is 0 Å². The molecule has 8 heteroatoms. The summed E-state index contributed by atoms with van der Waals surface area (Å²) in [5.74, 6) is -0.190. The number of Topliss-reactive ketones (excluding diaryl/α,β-unsaturated/α-hetero) is 1. The number of esters is 1. The standard InChI is InChI=1S/C18H20N2O6/c1-11(21)13-7-14(19-9-13)18(23)26-10-17(22)20-8-12-4-5-15(24-2)16(6-12)25-3/h4-7,9,19H,8,10H2,1-3H3,(H,20,22). The maximum Gasteiger partial charge on any atom is 0.355 e. The van der Waals surface area contributed by atoms with Crippen molar-refractivity contribution in [1.29, 1.82) is 0 Å². The van der Waals surface area contributed by atoms with Gasteiger partial charge in [0.1, 0.15) is 5.69 Å². The Morgan fingerprint density at radius 2 is 1.81 bits per heavy atom. The summed E-state index contributed by atoms with van der Waals surface area (Å²) in [6, 6.07) is 6.65. The highest BCUT2D eigenvalue weighted by molar-refractivity contribution is 5.97.